The molecule has 1 fully saturated rings. The first-order valence-electron chi connectivity index (χ1n) is 9.70. The number of piperazine rings is 1. The lowest BCUT2D eigenvalue weighted by atomic mass is 10.2. The van der Waals surface area contributed by atoms with Crippen LogP contribution >= 0.6 is 0 Å². The van der Waals surface area contributed by atoms with E-state index >= 15 is 0 Å². The Balaban J connectivity index is 1.56. The minimum Gasteiger partial charge on any atom is -0.324 e. The van der Waals surface area contributed by atoms with Crippen LogP contribution in [0.2, 0.25) is 0 Å². The van der Waals surface area contributed by atoms with E-state index in [9.17, 15) is 13.2 Å². The minimum atomic E-state index is -3.48. The van der Waals surface area contributed by atoms with Crippen LogP contribution in [0.5, 0.6) is 0 Å². The van der Waals surface area contributed by atoms with Crippen LogP contribution in [0.15, 0.2) is 60.0 Å². The van der Waals surface area contributed by atoms with Crippen molar-refractivity contribution in [3.05, 3.63) is 71.1 Å². The van der Waals surface area contributed by atoms with Gasteiger partial charge in [0.05, 0.1) is 6.04 Å². The van der Waals surface area contributed by atoms with Gasteiger partial charge in [-0.1, -0.05) is 48.5 Å². The maximum Gasteiger partial charge on any atom is 0.241 e. The molecule has 2 aromatic carbocycles. The number of hydrogen-bond donors (Lipinski definition) is 1. The molecule has 0 spiro atoms. The molecule has 1 amide bonds. The lowest BCUT2D eigenvalue weighted by Gasteiger charge is -2.36. The fraction of sp³-hybridized carbons (Fsp3) is 0.318. The van der Waals surface area contributed by atoms with Crippen LogP contribution in [0, 0.1) is 6.92 Å². The molecule has 1 aliphatic heterocycles. The second-order valence-electron chi connectivity index (χ2n) is 7.17. The van der Waals surface area contributed by atoms with Crippen LogP contribution in [0.4, 0.5) is 5.69 Å². The zero-order chi connectivity index (χ0) is 20.9. The van der Waals surface area contributed by atoms with Crippen molar-refractivity contribution >= 4 is 27.7 Å². The third-order valence-electron chi connectivity index (χ3n) is 5.20. The predicted molar refractivity (Wildman–Crippen MR) is 117 cm³/mol. The summed E-state index contributed by atoms with van der Waals surface area (Å²) in [4.78, 5) is 14.6. The quantitative estimate of drug-likeness (QED) is 0.791. The molecule has 1 heterocycles. The number of rotatable bonds is 6. The Hall–Kier alpha value is -2.48. The molecule has 6 nitrogen and oxygen atoms in total. The number of amides is 1. The Kier molecular flexibility index (Phi) is 6.84. The van der Waals surface area contributed by atoms with Gasteiger partial charge in [-0.3, -0.25) is 9.69 Å². The van der Waals surface area contributed by atoms with Crippen LogP contribution in [0.25, 0.3) is 6.08 Å². The highest BCUT2D eigenvalue weighted by Gasteiger charge is 2.29. The van der Waals surface area contributed by atoms with E-state index in [4.69, 9.17) is 0 Å². The van der Waals surface area contributed by atoms with Crippen molar-refractivity contribution in [2.45, 2.75) is 19.9 Å². The SMILES string of the molecule is Cc1ccccc1NC(=O)C(C)N1CCN(S(=O)(=O)/C=C/c2ccccc2)CC1. The Bertz CT molecular complexity index is 966. The van der Waals surface area contributed by atoms with Gasteiger partial charge >= 0.3 is 0 Å². The van der Waals surface area contributed by atoms with Gasteiger partial charge in [0.1, 0.15) is 0 Å². The van der Waals surface area contributed by atoms with Crippen molar-refractivity contribution in [1.29, 1.82) is 0 Å². The van der Waals surface area contributed by atoms with E-state index in [1.54, 1.807) is 6.08 Å². The van der Waals surface area contributed by atoms with Gasteiger partial charge in [0, 0.05) is 37.3 Å². The van der Waals surface area contributed by atoms with Crippen LogP contribution in [-0.2, 0) is 14.8 Å². The summed E-state index contributed by atoms with van der Waals surface area (Å²) in [6.07, 6.45) is 1.61. The number of benzene rings is 2. The Morgan fingerprint density at radius 2 is 1.62 bits per heavy atom. The highest BCUT2D eigenvalue weighted by atomic mass is 32.2. The first kappa shape index (κ1) is 21.2. The first-order chi connectivity index (χ1) is 13.9. The van der Waals surface area contributed by atoms with Gasteiger partial charge in [0.2, 0.25) is 15.9 Å². The molecular weight excluding hydrogens is 386 g/mol. The number of carbonyl (C=O) groups excluding carboxylic acids is 1. The number of nitrogens with one attached hydrogen (secondary N) is 1. The summed E-state index contributed by atoms with van der Waals surface area (Å²) in [5, 5.41) is 4.22. The van der Waals surface area contributed by atoms with E-state index in [1.807, 2.05) is 73.3 Å². The molecule has 7 heteroatoms. The molecule has 29 heavy (non-hydrogen) atoms. The Morgan fingerprint density at radius 1 is 1.00 bits per heavy atom. The van der Waals surface area contributed by atoms with Gasteiger partial charge in [-0.15, -0.1) is 0 Å². The molecule has 1 aliphatic rings. The van der Waals surface area contributed by atoms with Gasteiger partial charge in [-0.25, -0.2) is 8.42 Å². The predicted octanol–water partition coefficient (Wildman–Crippen LogP) is 2.94. The largest absolute Gasteiger partial charge is 0.324 e. The van der Waals surface area contributed by atoms with E-state index in [-0.39, 0.29) is 11.9 Å². The molecule has 0 saturated carbocycles. The summed E-state index contributed by atoms with van der Waals surface area (Å²) >= 11 is 0. The van der Waals surface area contributed by atoms with Crippen LogP contribution < -0.4 is 5.32 Å². The fourth-order valence-corrected chi connectivity index (χ4v) is 4.45. The van der Waals surface area contributed by atoms with Gasteiger partial charge in [-0.05, 0) is 37.1 Å². The normalized spacial score (nSPS) is 17.3. The number of nitrogens with zero attached hydrogens (tertiary/aromatic N) is 2. The number of anilines is 1. The maximum atomic E-state index is 12.6. The van der Waals surface area contributed by atoms with Crippen molar-refractivity contribution in [2.75, 3.05) is 31.5 Å². The highest BCUT2D eigenvalue weighted by molar-refractivity contribution is 7.92. The molecule has 1 atom stereocenters. The first-order valence-corrected chi connectivity index (χ1v) is 11.2. The van der Waals surface area contributed by atoms with Crippen LogP contribution in [-0.4, -0.2) is 55.8 Å². The Morgan fingerprint density at radius 3 is 2.28 bits per heavy atom. The molecule has 154 valence electrons. The number of hydrogen-bond acceptors (Lipinski definition) is 4. The summed E-state index contributed by atoms with van der Waals surface area (Å²) in [5.74, 6) is -0.0837. The summed E-state index contributed by atoms with van der Waals surface area (Å²) < 4.78 is 26.6. The lowest BCUT2D eigenvalue weighted by molar-refractivity contribution is -0.121. The molecule has 0 aliphatic carbocycles. The molecule has 1 N–H and O–H groups in total. The third kappa shape index (κ3) is 5.53. The molecule has 0 bridgehead atoms. The van der Waals surface area contributed by atoms with E-state index in [0.29, 0.717) is 26.2 Å². The summed E-state index contributed by atoms with van der Waals surface area (Å²) in [5.41, 5.74) is 2.65. The second-order valence-corrected chi connectivity index (χ2v) is 8.99. The average molecular weight is 414 g/mol. The van der Waals surface area contributed by atoms with E-state index in [2.05, 4.69) is 5.32 Å². The molecule has 3 rings (SSSR count). The molecule has 0 aromatic heterocycles. The van der Waals surface area contributed by atoms with Crippen molar-refractivity contribution in [3.8, 4) is 0 Å². The number of carbonyl (C=O) groups is 1. The molecule has 2 aromatic rings. The fourth-order valence-electron chi connectivity index (χ4n) is 3.28. The van der Waals surface area contributed by atoms with Crippen molar-refractivity contribution in [2.24, 2.45) is 0 Å². The smallest absolute Gasteiger partial charge is 0.241 e. The monoisotopic (exact) mass is 413 g/mol. The molecule has 1 unspecified atom stereocenters. The van der Waals surface area contributed by atoms with Crippen molar-refractivity contribution < 1.29 is 13.2 Å². The van der Waals surface area contributed by atoms with Crippen LogP contribution in [0.3, 0.4) is 0 Å². The highest BCUT2D eigenvalue weighted by Crippen LogP contribution is 2.16. The summed E-state index contributed by atoms with van der Waals surface area (Å²) in [6, 6.07) is 16.7. The molecule has 0 radical (unpaired) electrons. The van der Waals surface area contributed by atoms with Gasteiger partial charge < -0.3 is 5.32 Å². The minimum absolute atomic E-state index is 0.0837. The standard InChI is InChI=1S/C22H27N3O3S/c1-18-8-6-7-11-21(18)23-22(26)19(2)24-13-15-25(16-14-24)29(27,28)17-12-20-9-4-3-5-10-20/h3-12,17,19H,13-16H2,1-2H3,(H,23,26)/b17-12+. The summed E-state index contributed by atoms with van der Waals surface area (Å²) in [7, 11) is -3.48. The number of aryl methyl sites for hydroxylation is 1. The third-order valence-corrected chi connectivity index (χ3v) is 6.76. The van der Waals surface area contributed by atoms with E-state index in [0.717, 1.165) is 16.8 Å². The topological polar surface area (TPSA) is 69.7 Å². The van der Waals surface area contributed by atoms with Crippen molar-refractivity contribution in [1.82, 2.24) is 9.21 Å². The Labute approximate surface area is 172 Å². The summed E-state index contributed by atoms with van der Waals surface area (Å²) in [6.45, 7) is 5.56. The molecule has 1 saturated heterocycles. The molecular formula is C22H27N3O3S. The van der Waals surface area contributed by atoms with Crippen LogP contribution in [0.1, 0.15) is 18.1 Å². The van der Waals surface area contributed by atoms with E-state index in [1.165, 1.54) is 9.71 Å². The number of para-hydroxylation sites is 1. The zero-order valence-corrected chi connectivity index (χ0v) is 17.6. The number of sulfonamides is 1. The lowest BCUT2D eigenvalue weighted by Crippen LogP contribution is -2.53. The van der Waals surface area contributed by atoms with Gasteiger partial charge in [0.25, 0.3) is 0 Å². The van der Waals surface area contributed by atoms with E-state index < -0.39 is 10.0 Å². The second kappa shape index (κ2) is 9.35. The van der Waals surface area contributed by atoms with Gasteiger partial charge in [-0.2, -0.15) is 4.31 Å². The maximum absolute atomic E-state index is 12.6. The average Bonchev–Trinajstić information content (AvgIpc) is 2.74. The van der Waals surface area contributed by atoms with Gasteiger partial charge in [0.15, 0.2) is 0 Å². The van der Waals surface area contributed by atoms with Crippen molar-refractivity contribution in [3.63, 3.8) is 0 Å². The zero-order valence-electron chi connectivity index (χ0n) is 16.8.